The molecule has 0 fully saturated rings. The Balaban J connectivity index is 1.30. The van der Waals surface area contributed by atoms with Gasteiger partial charge in [-0.1, -0.05) is 115 Å². The number of ether oxygens (including phenoxy) is 2. The maximum Gasteiger partial charge on any atom is 0.340 e. The van der Waals surface area contributed by atoms with Crippen molar-refractivity contribution < 1.29 is 19.1 Å². The molecule has 0 aliphatic carbocycles. The minimum Gasteiger partial charge on any atom is -0.465 e. The lowest BCUT2D eigenvalue weighted by Crippen LogP contribution is -2.16. The number of carbonyl (C=O) groups excluding carboxylic acids is 2. The van der Waals surface area contributed by atoms with Gasteiger partial charge in [-0.3, -0.25) is 4.98 Å². The van der Waals surface area contributed by atoms with Gasteiger partial charge in [0.25, 0.3) is 0 Å². The highest BCUT2D eigenvalue weighted by Crippen LogP contribution is 2.40. The van der Waals surface area contributed by atoms with E-state index < -0.39 is 11.9 Å². The molecule has 2 N–H and O–H groups in total. The lowest BCUT2D eigenvalue weighted by molar-refractivity contribution is 0.0599. The van der Waals surface area contributed by atoms with Gasteiger partial charge in [0.15, 0.2) is 0 Å². The highest BCUT2D eigenvalue weighted by Gasteiger charge is 2.28. The molecule has 4 aromatic heterocycles. The van der Waals surface area contributed by atoms with E-state index in [0.29, 0.717) is 22.5 Å². The predicted octanol–water partition coefficient (Wildman–Crippen LogP) is 12.6. The molecule has 9 heteroatoms. The van der Waals surface area contributed by atoms with Gasteiger partial charge in [-0.25, -0.2) is 19.6 Å². The number of fused-ring (bicyclic) bond motifs is 8. The normalized spacial score (nSPS) is 11.8. The summed E-state index contributed by atoms with van der Waals surface area (Å²) in [6.45, 7) is 3.46. The molecule has 2 aliphatic rings. The van der Waals surface area contributed by atoms with Gasteiger partial charge < -0.3 is 19.4 Å². The third-order valence-electron chi connectivity index (χ3n) is 11.7. The summed E-state index contributed by atoms with van der Waals surface area (Å²) in [5, 5.41) is 0. The lowest BCUT2D eigenvalue weighted by Gasteiger charge is -2.17. The Hall–Kier alpha value is -8.43. The summed E-state index contributed by atoms with van der Waals surface area (Å²) in [5.41, 5.74) is 16.7. The minimum atomic E-state index is -0.598. The third kappa shape index (κ3) is 6.99. The zero-order valence-electron chi connectivity index (χ0n) is 35.6. The van der Waals surface area contributed by atoms with Crippen LogP contribution in [-0.2, 0) is 9.47 Å². The van der Waals surface area contributed by atoms with Crippen LogP contribution in [0.25, 0.3) is 102 Å². The number of aryl methyl sites for hydroxylation is 2. The molecule has 0 saturated heterocycles. The zero-order chi connectivity index (χ0) is 43.9. The van der Waals surface area contributed by atoms with E-state index in [1.807, 2.05) is 66.7 Å². The van der Waals surface area contributed by atoms with E-state index in [1.165, 1.54) is 14.2 Å². The molecule has 310 valence electrons. The van der Waals surface area contributed by atoms with E-state index in [9.17, 15) is 9.59 Å². The number of pyridine rings is 1. The number of methoxy groups -OCH3 is 2. The maximum atomic E-state index is 13.3. The summed E-state index contributed by atoms with van der Waals surface area (Å²) in [6.07, 6.45) is 8.30. The van der Waals surface area contributed by atoms with Crippen molar-refractivity contribution in [3.63, 3.8) is 0 Å². The number of rotatable bonds is 7. The smallest absolute Gasteiger partial charge is 0.340 e. The molecule has 8 aromatic rings. The number of benzene rings is 4. The first-order valence-electron chi connectivity index (χ1n) is 20.9. The monoisotopic (exact) mass is 835 g/mol. The molecule has 0 atom stereocenters. The molecular weight excluding hydrogens is 795 g/mol. The number of aromatic amines is 2. The van der Waals surface area contributed by atoms with E-state index in [-0.39, 0.29) is 11.1 Å². The van der Waals surface area contributed by atoms with Gasteiger partial charge in [0.05, 0.1) is 59.5 Å². The average molecular weight is 836 g/mol. The summed E-state index contributed by atoms with van der Waals surface area (Å²) in [4.78, 5) is 49.5. The molecule has 10 rings (SSSR count). The van der Waals surface area contributed by atoms with E-state index in [1.54, 1.807) is 13.8 Å². The number of H-pyrrole nitrogens is 2. The van der Waals surface area contributed by atoms with Crippen LogP contribution in [-0.4, -0.2) is 51.1 Å². The van der Waals surface area contributed by atoms with Gasteiger partial charge in [0.1, 0.15) is 0 Å². The Bertz CT molecular complexity index is 3310. The van der Waals surface area contributed by atoms with Crippen molar-refractivity contribution in [3.8, 4) is 55.6 Å². The highest BCUT2D eigenvalue weighted by atomic mass is 16.5. The molecule has 0 saturated carbocycles. The van der Waals surface area contributed by atoms with Crippen LogP contribution in [0.1, 0.15) is 54.9 Å². The van der Waals surface area contributed by atoms with E-state index in [2.05, 4.69) is 112 Å². The standard InChI is InChI=1S/C55H41N5O4/c1-32-47(54(61)63-3)53(48(33(2)56-32)55(62)64-4)38-22-20-37(21-23-38)52-45-30-28-43(59-45)50(35-16-10-6-11-17-35)41-26-24-39(57-41)49(34-14-8-5-9-15-34)40-25-27-42(58-40)51(36-18-12-7-13-19-36)44-29-31-46(52)60-44/h5-31,57,60H,1-4H3. The van der Waals surface area contributed by atoms with Crippen molar-refractivity contribution in [3.05, 3.63) is 185 Å². The summed E-state index contributed by atoms with van der Waals surface area (Å²) < 4.78 is 10.4. The molecule has 9 nitrogen and oxygen atoms in total. The Morgan fingerprint density at radius 1 is 0.375 bits per heavy atom. The Labute approximate surface area is 369 Å². The Morgan fingerprint density at radius 3 is 0.953 bits per heavy atom. The van der Waals surface area contributed by atoms with Crippen LogP contribution in [0.4, 0.5) is 0 Å². The fraction of sp³-hybridized carbons (Fsp3) is 0.0727. The van der Waals surface area contributed by atoms with Crippen LogP contribution in [0.5, 0.6) is 0 Å². The average Bonchev–Trinajstić information content (AvgIpc) is 4.18. The fourth-order valence-corrected chi connectivity index (χ4v) is 8.88. The van der Waals surface area contributed by atoms with Gasteiger partial charge in [-0.15, -0.1) is 0 Å². The molecule has 0 unspecified atom stereocenters. The molecule has 4 aromatic carbocycles. The maximum absolute atomic E-state index is 13.3. The molecule has 8 bridgehead atoms. The largest absolute Gasteiger partial charge is 0.465 e. The molecule has 0 radical (unpaired) electrons. The summed E-state index contributed by atoms with van der Waals surface area (Å²) in [6, 6.07) is 47.1. The number of esters is 2. The number of hydrogen-bond donors (Lipinski definition) is 2. The van der Waals surface area contributed by atoms with Crippen LogP contribution in [0.2, 0.25) is 0 Å². The van der Waals surface area contributed by atoms with E-state index in [4.69, 9.17) is 19.4 Å². The topological polar surface area (TPSA) is 123 Å². The van der Waals surface area contributed by atoms with E-state index in [0.717, 1.165) is 89.4 Å². The molecule has 6 heterocycles. The quantitative estimate of drug-likeness (QED) is 0.153. The first-order valence-corrected chi connectivity index (χ1v) is 20.9. The zero-order valence-corrected chi connectivity index (χ0v) is 35.6. The molecule has 2 aliphatic heterocycles. The van der Waals surface area contributed by atoms with E-state index >= 15 is 0 Å². The SMILES string of the molecule is COC(=O)c1c(C)nc(C)c(C(=O)OC)c1-c1ccc(-c2c3nc(c(-c4ccccc4)c4ccc([nH]4)c(-c4ccccc4)c4nc(c(-c5ccccc5)c5ccc2[nH]5)C=C4)C=C3)cc1. The van der Waals surface area contributed by atoms with Crippen molar-refractivity contribution in [2.24, 2.45) is 0 Å². The minimum absolute atomic E-state index is 0.202. The number of aromatic nitrogens is 5. The van der Waals surface area contributed by atoms with Gasteiger partial charge in [0.2, 0.25) is 0 Å². The molecular formula is C55H41N5O4. The second-order valence-electron chi connectivity index (χ2n) is 15.6. The first-order chi connectivity index (χ1) is 31.3. The number of nitrogens with one attached hydrogen (secondary N) is 2. The van der Waals surface area contributed by atoms with Crippen molar-refractivity contribution >= 4 is 58.3 Å². The second kappa shape index (κ2) is 16.4. The van der Waals surface area contributed by atoms with Gasteiger partial charge >= 0.3 is 11.9 Å². The summed E-state index contributed by atoms with van der Waals surface area (Å²) >= 11 is 0. The first kappa shape index (κ1) is 39.7. The molecule has 0 amide bonds. The van der Waals surface area contributed by atoms with Gasteiger partial charge in [-0.05, 0) is 90.2 Å². The third-order valence-corrected chi connectivity index (χ3v) is 11.7. The van der Waals surface area contributed by atoms with Gasteiger partial charge in [0, 0.05) is 49.9 Å². The van der Waals surface area contributed by atoms with Crippen LogP contribution in [0, 0.1) is 13.8 Å². The Kier molecular flexibility index (Phi) is 10.2. The van der Waals surface area contributed by atoms with Crippen LogP contribution in [0.3, 0.4) is 0 Å². The molecule has 0 spiro atoms. The summed E-state index contributed by atoms with van der Waals surface area (Å²) in [5.74, 6) is -1.20. The van der Waals surface area contributed by atoms with Crippen molar-refractivity contribution in [1.82, 2.24) is 24.9 Å². The van der Waals surface area contributed by atoms with Crippen molar-refractivity contribution in [1.29, 1.82) is 0 Å². The van der Waals surface area contributed by atoms with Crippen LogP contribution < -0.4 is 0 Å². The van der Waals surface area contributed by atoms with Crippen LogP contribution >= 0.6 is 0 Å². The fourth-order valence-electron chi connectivity index (χ4n) is 8.88. The summed E-state index contributed by atoms with van der Waals surface area (Å²) in [7, 11) is 2.63. The second-order valence-corrected chi connectivity index (χ2v) is 15.6. The lowest BCUT2D eigenvalue weighted by atomic mass is 9.91. The number of carbonyl (C=O) groups is 2. The van der Waals surface area contributed by atoms with Crippen molar-refractivity contribution in [2.75, 3.05) is 14.2 Å². The van der Waals surface area contributed by atoms with Crippen LogP contribution in [0.15, 0.2) is 140 Å². The number of hydrogen-bond acceptors (Lipinski definition) is 7. The molecule has 64 heavy (non-hydrogen) atoms. The van der Waals surface area contributed by atoms with Crippen molar-refractivity contribution in [2.45, 2.75) is 13.8 Å². The van der Waals surface area contributed by atoms with Gasteiger partial charge in [-0.2, -0.15) is 0 Å². The number of nitrogens with zero attached hydrogens (tertiary/aromatic N) is 3. The highest BCUT2D eigenvalue weighted by molar-refractivity contribution is 6.07. The predicted molar refractivity (Wildman–Crippen MR) is 256 cm³/mol. The Morgan fingerprint density at radius 2 is 0.656 bits per heavy atom.